The predicted molar refractivity (Wildman–Crippen MR) is 122 cm³/mol. The molecule has 0 bridgehead atoms. The largest absolute Gasteiger partial charge is 0.381 e. The second-order valence-corrected chi connectivity index (χ2v) is 7.62. The van der Waals surface area contributed by atoms with Gasteiger partial charge < -0.3 is 24.8 Å². The Hall–Kier alpha value is -0.900. The highest BCUT2D eigenvalue weighted by Gasteiger charge is 2.29. The highest BCUT2D eigenvalue weighted by atomic mass is 127. The number of ether oxygens (including phenoxy) is 3. The number of rotatable bonds is 7. The number of aliphatic imine (C=N–C) groups is 1. The summed E-state index contributed by atoms with van der Waals surface area (Å²) in [6.07, 6.45) is 4.53. The van der Waals surface area contributed by atoms with Crippen LogP contribution in [0.15, 0.2) is 29.3 Å². The molecular formula is C21H34IN3O3. The van der Waals surface area contributed by atoms with E-state index in [-0.39, 0.29) is 29.6 Å². The van der Waals surface area contributed by atoms with Gasteiger partial charge in [0.1, 0.15) is 0 Å². The molecule has 2 saturated heterocycles. The van der Waals surface area contributed by atoms with Crippen molar-refractivity contribution < 1.29 is 14.2 Å². The first-order valence-electron chi connectivity index (χ1n) is 10.0. The molecular weight excluding hydrogens is 469 g/mol. The third kappa shape index (κ3) is 7.50. The number of benzene rings is 1. The summed E-state index contributed by atoms with van der Waals surface area (Å²) in [5.74, 6) is 0.801. The fourth-order valence-corrected chi connectivity index (χ4v) is 3.54. The summed E-state index contributed by atoms with van der Waals surface area (Å²) >= 11 is 0. The summed E-state index contributed by atoms with van der Waals surface area (Å²) in [6.45, 7) is 6.78. The van der Waals surface area contributed by atoms with Gasteiger partial charge in [0.2, 0.25) is 0 Å². The van der Waals surface area contributed by atoms with Crippen LogP contribution in [0, 0.1) is 0 Å². The van der Waals surface area contributed by atoms with Crippen molar-refractivity contribution in [1.29, 1.82) is 0 Å². The molecule has 2 aliphatic rings. The van der Waals surface area contributed by atoms with Gasteiger partial charge in [0.15, 0.2) is 5.96 Å². The number of halogens is 1. The first-order valence-corrected chi connectivity index (χ1v) is 10.0. The van der Waals surface area contributed by atoms with Crippen molar-refractivity contribution in [2.24, 2.45) is 4.99 Å². The standard InChI is InChI=1S/C21H33N3O3.HI/c1-21(9-4-10-27-21)16-24-20(22-2)23-14-17-5-3-6-18(13-17)15-26-19-7-11-25-12-8-19;/h3,5-6,13,19H,4,7-12,14-16H2,1-2H3,(H2,22,23,24);1H. The van der Waals surface area contributed by atoms with Crippen LogP contribution in [0.4, 0.5) is 0 Å². The Kier molecular flexibility index (Phi) is 9.98. The van der Waals surface area contributed by atoms with Crippen LogP contribution in [0.25, 0.3) is 0 Å². The third-order valence-corrected chi connectivity index (χ3v) is 5.26. The van der Waals surface area contributed by atoms with Gasteiger partial charge in [0.25, 0.3) is 0 Å². The smallest absolute Gasteiger partial charge is 0.191 e. The summed E-state index contributed by atoms with van der Waals surface area (Å²) in [6, 6.07) is 8.53. The van der Waals surface area contributed by atoms with E-state index in [0.717, 1.165) is 64.6 Å². The molecule has 0 saturated carbocycles. The molecule has 0 aromatic heterocycles. The summed E-state index contributed by atoms with van der Waals surface area (Å²) < 4.78 is 17.2. The van der Waals surface area contributed by atoms with Gasteiger partial charge in [-0.15, -0.1) is 24.0 Å². The molecule has 2 N–H and O–H groups in total. The van der Waals surface area contributed by atoms with E-state index >= 15 is 0 Å². The molecule has 1 unspecified atom stereocenters. The van der Waals surface area contributed by atoms with E-state index in [1.54, 1.807) is 7.05 Å². The zero-order valence-corrected chi connectivity index (χ0v) is 19.4. The molecule has 0 aliphatic carbocycles. The molecule has 1 aromatic carbocycles. The zero-order valence-electron chi connectivity index (χ0n) is 17.0. The molecule has 7 heteroatoms. The van der Waals surface area contributed by atoms with E-state index in [2.05, 4.69) is 46.8 Å². The van der Waals surface area contributed by atoms with Crippen molar-refractivity contribution in [3.8, 4) is 0 Å². The molecule has 0 spiro atoms. The van der Waals surface area contributed by atoms with Crippen LogP contribution < -0.4 is 10.6 Å². The highest BCUT2D eigenvalue weighted by molar-refractivity contribution is 14.0. The van der Waals surface area contributed by atoms with Crippen molar-refractivity contribution in [3.05, 3.63) is 35.4 Å². The molecule has 6 nitrogen and oxygen atoms in total. The van der Waals surface area contributed by atoms with Gasteiger partial charge in [-0.1, -0.05) is 24.3 Å². The van der Waals surface area contributed by atoms with E-state index in [9.17, 15) is 0 Å². The fourth-order valence-electron chi connectivity index (χ4n) is 3.54. The Morgan fingerprint density at radius 2 is 2.00 bits per heavy atom. The number of hydrogen-bond donors (Lipinski definition) is 2. The van der Waals surface area contributed by atoms with Crippen molar-refractivity contribution >= 4 is 29.9 Å². The van der Waals surface area contributed by atoms with E-state index in [1.807, 2.05) is 0 Å². The molecule has 2 heterocycles. The summed E-state index contributed by atoms with van der Waals surface area (Å²) in [7, 11) is 1.80. The molecule has 3 rings (SSSR count). The van der Waals surface area contributed by atoms with Gasteiger partial charge >= 0.3 is 0 Å². The summed E-state index contributed by atoms with van der Waals surface area (Å²) in [5.41, 5.74) is 2.34. The van der Waals surface area contributed by atoms with Crippen molar-refractivity contribution in [1.82, 2.24) is 10.6 Å². The normalized spacial score (nSPS) is 23.3. The molecule has 0 radical (unpaired) electrons. The second kappa shape index (κ2) is 11.9. The Labute approximate surface area is 185 Å². The number of nitrogens with zero attached hydrogens (tertiary/aromatic N) is 1. The topological polar surface area (TPSA) is 64.1 Å². The molecule has 0 amide bonds. The maximum atomic E-state index is 6.03. The van der Waals surface area contributed by atoms with Crippen LogP contribution in [-0.2, 0) is 27.4 Å². The van der Waals surface area contributed by atoms with Gasteiger partial charge in [-0.2, -0.15) is 0 Å². The monoisotopic (exact) mass is 503 g/mol. The maximum absolute atomic E-state index is 6.03. The van der Waals surface area contributed by atoms with Gasteiger partial charge in [-0.05, 0) is 43.7 Å². The summed E-state index contributed by atoms with van der Waals surface area (Å²) in [5, 5.41) is 6.77. The van der Waals surface area contributed by atoms with Crippen LogP contribution in [0.1, 0.15) is 43.7 Å². The Morgan fingerprint density at radius 3 is 2.71 bits per heavy atom. The van der Waals surface area contributed by atoms with Gasteiger partial charge in [0, 0.05) is 40.0 Å². The second-order valence-electron chi connectivity index (χ2n) is 7.62. The van der Waals surface area contributed by atoms with Gasteiger partial charge in [-0.25, -0.2) is 0 Å². The van der Waals surface area contributed by atoms with E-state index in [4.69, 9.17) is 14.2 Å². The van der Waals surface area contributed by atoms with Crippen molar-refractivity contribution in [3.63, 3.8) is 0 Å². The number of guanidine groups is 1. The summed E-state index contributed by atoms with van der Waals surface area (Å²) in [4.78, 5) is 4.32. The highest BCUT2D eigenvalue weighted by Crippen LogP contribution is 2.23. The van der Waals surface area contributed by atoms with E-state index in [1.165, 1.54) is 11.1 Å². The molecule has 28 heavy (non-hydrogen) atoms. The van der Waals surface area contributed by atoms with Crippen LogP contribution in [0.2, 0.25) is 0 Å². The minimum atomic E-state index is -0.0843. The minimum Gasteiger partial charge on any atom is -0.381 e. The molecule has 2 aliphatic heterocycles. The fraction of sp³-hybridized carbons (Fsp3) is 0.667. The van der Waals surface area contributed by atoms with Gasteiger partial charge in [0.05, 0.1) is 18.3 Å². The maximum Gasteiger partial charge on any atom is 0.191 e. The quantitative estimate of drug-likeness (QED) is 0.340. The Morgan fingerprint density at radius 1 is 1.21 bits per heavy atom. The van der Waals surface area contributed by atoms with E-state index in [0.29, 0.717) is 12.7 Å². The number of nitrogens with one attached hydrogen (secondary N) is 2. The van der Waals surface area contributed by atoms with Crippen LogP contribution >= 0.6 is 24.0 Å². The molecule has 1 aromatic rings. The van der Waals surface area contributed by atoms with Crippen LogP contribution in [0.5, 0.6) is 0 Å². The average molecular weight is 503 g/mol. The van der Waals surface area contributed by atoms with E-state index < -0.39 is 0 Å². The van der Waals surface area contributed by atoms with Crippen molar-refractivity contribution in [2.75, 3.05) is 33.4 Å². The lowest BCUT2D eigenvalue weighted by Crippen LogP contribution is -2.45. The zero-order chi connectivity index (χ0) is 19.0. The first-order chi connectivity index (χ1) is 13.2. The number of hydrogen-bond acceptors (Lipinski definition) is 4. The predicted octanol–water partition coefficient (Wildman–Crippen LogP) is 3.23. The lowest BCUT2D eigenvalue weighted by Gasteiger charge is -2.24. The van der Waals surface area contributed by atoms with Gasteiger partial charge in [-0.3, -0.25) is 4.99 Å². The molecule has 158 valence electrons. The first kappa shape index (κ1) is 23.4. The lowest BCUT2D eigenvalue weighted by atomic mass is 10.0. The minimum absolute atomic E-state index is 0. The molecule has 2 fully saturated rings. The Bertz CT molecular complexity index is 615. The third-order valence-electron chi connectivity index (χ3n) is 5.26. The van der Waals surface area contributed by atoms with Crippen LogP contribution in [-0.4, -0.2) is 51.1 Å². The SMILES string of the molecule is CN=C(NCc1cccc(COC2CCOCC2)c1)NCC1(C)CCCO1.I. The van der Waals surface area contributed by atoms with Crippen molar-refractivity contribution in [2.45, 2.75) is 57.5 Å². The average Bonchev–Trinajstić information content (AvgIpc) is 3.14. The van der Waals surface area contributed by atoms with Crippen LogP contribution in [0.3, 0.4) is 0 Å². The Balaban J connectivity index is 0.00000280. The molecule has 1 atom stereocenters. The lowest BCUT2D eigenvalue weighted by molar-refractivity contribution is -0.0390.